The molecule has 0 radical (unpaired) electrons. The molecule has 26 heavy (non-hydrogen) atoms. The maximum Gasteiger partial charge on any atom is 0.118 e. The van der Waals surface area contributed by atoms with E-state index in [0.29, 0.717) is 13.0 Å². The molecule has 2 aromatic carbocycles. The lowest BCUT2D eigenvalue weighted by atomic mass is 10.1. The number of methoxy groups -OCH3 is 1. The fourth-order valence-corrected chi connectivity index (χ4v) is 3.52. The number of aliphatic hydroxyl groups is 1. The fraction of sp³-hybridized carbons (Fsp3) is 0.455. The van der Waals surface area contributed by atoms with Gasteiger partial charge in [-0.3, -0.25) is 4.90 Å². The number of aliphatic hydroxyl groups excluding tert-OH is 1. The molecule has 3 rings (SSSR count). The Hall–Kier alpha value is -1.88. The number of benzene rings is 2. The van der Waals surface area contributed by atoms with Crippen LogP contribution in [-0.4, -0.2) is 49.0 Å². The molecule has 1 heterocycles. The molecule has 0 saturated carbocycles. The van der Waals surface area contributed by atoms with Crippen molar-refractivity contribution in [1.29, 1.82) is 0 Å². The molecule has 1 aliphatic heterocycles. The molecule has 4 nitrogen and oxygen atoms in total. The van der Waals surface area contributed by atoms with E-state index >= 15 is 0 Å². The lowest BCUT2D eigenvalue weighted by Gasteiger charge is -2.27. The van der Waals surface area contributed by atoms with Gasteiger partial charge in [0, 0.05) is 26.2 Å². The van der Waals surface area contributed by atoms with E-state index in [4.69, 9.17) is 9.47 Å². The summed E-state index contributed by atoms with van der Waals surface area (Å²) in [5, 5.41) is 10.6. The first-order valence-corrected chi connectivity index (χ1v) is 9.42. The summed E-state index contributed by atoms with van der Waals surface area (Å²) >= 11 is 0. The van der Waals surface area contributed by atoms with Crippen LogP contribution in [0, 0.1) is 0 Å². The molecule has 0 bridgehead atoms. The summed E-state index contributed by atoms with van der Waals surface area (Å²) in [5.41, 5.74) is 2.39. The second-order valence-corrected chi connectivity index (χ2v) is 7.02. The molecule has 0 amide bonds. The van der Waals surface area contributed by atoms with Crippen LogP contribution < -0.4 is 4.74 Å². The predicted octanol–water partition coefficient (Wildman–Crippen LogP) is 3.28. The van der Waals surface area contributed by atoms with E-state index in [-0.39, 0.29) is 6.10 Å². The van der Waals surface area contributed by atoms with Gasteiger partial charge in [0.2, 0.25) is 0 Å². The summed E-state index contributed by atoms with van der Waals surface area (Å²) in [6, 6.07) is 18.3. The van der Waals surface area contributed by atoms with Crippen molar-refractivity contribution in [3.05, 3.63) is 65.7 Å². The molecule has 4 heteroatoms. The smallest absolute Gasteiger partial charge is 0.118 e. The van der Waals surface area contributed by atoms with Crippen molar-refractivity contribution in [1.82, 2.24) is 4.90 Å². The molecule has 0 spiro atoms. The zero-order valence-corrected chi connectivity index (χ0v) is 15.5. The van der Waals surface area contributed by atoms with Gasteiger partial charge in [0.1, 0.15) is 5.75 Å². The lowest BCUT2D eigenvalue weighted by molar-refractivity contribution is 0.0464. The Morgan fingerprint density at radius 1 is 1.12 bits per heavy atom. The molecule has 2 unspecified atom stereocenters. The average molecular weight is 355 g/mol. The largest absolute Gasteiger partial charge is 0.497 e. The molecule has 140 valence electrons. The number of rotatable bonds is 9. The van der Waals surface area contributed by atoms with E-state index in [1.807, 2.05) is 30.3 Å². The molecular weight excluding hydrogens is 326 g/mol. The van der Waals surface area contributed by atoms with Crippen LogP contribution in [0.25, 0.3) is 0 Å². The van der Waals surface area contributed by atoms with Gasteiger partial charge in [-0.05, 0) is 42.5 Å². The Morgan fingerprint density at radius 3 is 2.54 bits per heavy atom. The SMILES string of the molecule is COc1ccc(CN(CC(O)Cc2ccccc2)CC2CCCO2)cc1. The van der Waals surface area contributed by atoms with E-state index in [1.54, 1.807) is 7.11 Å². The minimum atomic E-state index is -0.392. The van der Waals surface area contributed by atoms with Gasteiger partial charge in [-0.25, -0.2) is 0 Å². The molecule has 1 N–H and O–H groups in total. The zero-order valence-electron chi connectivity index (χ0n) is 15.5. The molecule has 0 aromatic heterocycles. The average Bonchev–Trinajstić information content (AvgIpc) is 3.16. The van der Waals surface area contributed by atoms with E-state index < -0.39 is 6.10 Å². The highest BCUT2D eigenvalue weighted by Crippen LogP contribution is 2.18. The minimum absolute atomic E-state index is 0.275. The van der Waals surface area contributed by atoms with Gasteiger partial charge in [0.15, 0.2) is 0 Å². The van der Waals surface area contributed by atoms with E-state index in [1.165, 1.54) is 11.1 Å². The Morgan fingerprint density at radius 2 is 1.88 bits per heavy atom. The number of nitrogens with zero attached hydrogens (tertiary/aromatic N) is 1. The van der Waals surface area contributed by atoms with Gasteiger partial charge < -0.3 is 14.6 Å². The predicted molar refractivity (Wildman–Crippen MR) is 103 cm³/mol. The van der Waals surface area contributed by atoms with Gasteiger partial charge in [-0.2, -0.15) is 0 Å². The van der Waals surface area contributed by atoms with E-state index in [0.717, 1.165) is 38.3 Å². The maximum absolute atomic E-state index is 10.6. The third kappa shape index (κ3) is 5.84. The monoisotopic (exact) mass is 355 g/mol. The molecule has 1 fully saturated rings. The van der Waals surface area contributed by atoms with Gasteiger partial charge in [-0.15, -0.1) is 0 Å². The van der Waals surface area contributed by atoms with Crippen LogP contribution in [0.1, 0.15) is 24.0 Å². The molecule has 1 saturated heterocycles. The van der Waals surface area contributed by atoms with Crippen molar-refractivity contribution in [3.8, 4) is 5.75 Å². The standard InChI is InChI=1S/C22H29NO3/c1-25-21-11-9-19(10-12-21)15-23(17-22-8-5-13-26-22)16-20(24)14-18-6-3-2-4-7-18/h2-4,6-7,9-12,20,22,24H,5,8,13-17H2,1H3. The molecule has 0 aliphatic carbocycles. The van der Waals surface area contributed by atoms with Gasteiger partial charge >= 0.3 is 0 Å². The van der Waals surface area contributed by atoms with Crippen molar-refractivity contribution in [2.24, 2.45) is 0 Å². The number of ether oxygens (including phenoxy) is 2. The lowest BCUT2D eigenvalue weighted by Crippen LogP contribution is -2.38. The highest BCUT2D eigenvalue weighted by Gasteiger charge is 2.21. The Balaban J connectivity index is 1.61. The topological polar surface area (TPSA) is 41.9 Å². The van der Waals surface area contributed by atoms with Crippen molar-refractivity contribution < 1.29 is 14.6 Å². The summed E-state index contributed by atoms with van der Waals surface area (Å²) < 4.78 is 11.1. The number of hydrogen-bond acceptors (Lipinski definition) is 4. The molecule has 2 aromatic rings. The Bertz CT molecular complexity index is 638. The van der Waals surface area contributed by atoms with Crippen molar-refractivity contribution >= 4 is 0 Å². The zero-order chi connectivity index (χ0) is 18.2. The Kier molecular flexibility index (Phi) is 7.06. The molecule has 1 aliphatic rings. The molecule has 2 atom stereocenters. The second-order valence-electron chi connectivity index (χ2n) is 7.02. The van der Waals surface area contributed by atoms with Gasteiger partial charge in [0.05, 0.1) is 19.3 Å². The first-order chi connectivity index (χ1) is 12.7. The van der Waals surface area contributed by atoms with E-state index in [2.05, 4.69) is 29.2 Å². The van der Waals surface area contributed by atoms with Crippen LogP contribution in [0.5, 0.6) is 5.75 Å². The first-order valence-electron chi connectivity index (χ1n) is 9.42. The molecular formula is C22H29NO3. The summed E-state index contributed by atoms with van der Waals surface area (Å²) in [5.74, 6) is 0.864. The van der Waals surface area contributed by atoms with Gasteiger partial charge in [0.25, 0.3) is 0 Å². The van der Waals surface area contributed by atoms with Crippen LogP contribution in [0.4, 0.5) is 0 Å². The van der Waals surface area contributed by atoms with Crippen molar-refractivity contribution in [3.63, 3.8) is 0 Å². The van der Waals surface area contributed by atoms with Crippen LogP contribution in [0.3, 0.4) is 0 Å². The summed E-state index contributed by atoms with van der Waals surface area (Å²) in [6.45, 7) is 3.15. The van der Waals surface area contributed by atoms with Gasteiger partial charge in [-0.1, -0.05) is 42.5 Å². The highest BCUT2D eigenvalue weighted by atomic mass is 16.5. The van der Waals surface area contributed by atoms with Crippen molar-refractivity contribution in [2.45, 2.75) is 38.0 Å². The van der Waals surface area contributed by atoms with Crippen LogP contribution in [0.2, 0.25) is 0 Å². The quantitative estimate of drug-likeness (QED) is 0.750. The summed E-state index contributed by atoms with van der Waals surface area (Å²) in [4.78, 5) is 2.31. The maximum atomic E-state index is 10.6. The van der Waals surface area contributed by atoms with Crippen LogP contribution in [-0.2, 0) is 17.7 Å². The fourth-order valence-electron chi connectivity index (χ4n) is 3.52. The second kappa shape index (κ2) is 9.72. The summed E-state index contributed by atoms with van der Waals surface area (Å²) in [6.07, 6.45) is 2.79. The minimum Gasteiger partial charge on any atom is -0.497 e. The highest BCUT2D eigenvalue weighted by molar-refractivity contribution is 5.27. The normalized spacial score (nSPS) is 18.2. The number of hydrogen-bond donors (Lipinski definition) is 1. The summed E-state index contributed by atoms with van der Waals surface area (Å²) in [7, 11) is 1.68. The Labute approximate surface area is 156 Å². The van der Waals surface area contributed by atoms with Crippen LogP contribution in [0.15, 0.2) is 54.6 Å². The third-order valence-electron chi connectivity index (χ3n) is 4.83. The van der Waals surface area contributed by atoms with Crippen LogP contribution >= 0.6 is 0 Å². The third-order valence-corrected chi connectivity index (χ3v) is 4.83. The van der Waals surface area contributed by atoms with E-state index in [9.17, 15) is 5.11 Å². The van der Waals surface area contributed by atoms with Crippen molar-refractivity contribution in [2.75, 3.05) is 26.8 Å². The first kappa shape index (κ1) is 18.9.